The Hall–Kier alpha value is -2.57. The summed E-state index contributed by atoms with van der Waals surface area (Å²) in [5.41, 5.74) is 2.29. The van der Waals surface area contributed by atoms with Gasteiger partial charge in [0.05, 0.1) is 29.2 Å². The first-order chi connectivity index (χ1) is 9.49. The van der Waals surface area contributed by atoms with Crippen LogP contribution in [0.1, 0.15) is 34.3 Å². The molecular weight excluding hydrogens is 274 g/mol. The van der Waals surface area contributed by atoms with Gasteiger partial charge >= 0.3 is 5.97 Å². The van der Waals surface area contributed by atoms with Gasteiger partial charge in [-0.2, -0.15) is 10.5 Å². The topological polar surface area (TPSA) is 96.9 Å². The van der Waals surface area contributed by atoms with Crippen molar-refractivity contribution in [2.24, 2.45) is 0 Å². The van der Waals surface area contributed by atoms with Crippen molar-refractivity contribution in [3.8, 4) is 12.1 Å². The first kappa shape index (κ1) is 13.9. The molecule has 0 saturated heterocycles. The molecule has 0 atom stereocenters. The molecule has 0 spiro atoms. The normalized spacial score (nSPS) is 15.6. The highest BCUT2D eigenvalue weighted by atomic mass is 32.1. The van der Waals surface area contributed by atoms with Gasteiger partial charge < -0.3 is 10.4 Å². The van der Waals surface area contributed by atoms with Gasteiger partial charge in [-0.15, -0.1) is 11.3 Å². The van der Waals surface area contributed by atoms with Gasteiger partial charge in [-0.1, -0.05) is 0 Å². The van der Waals surface area contributed by atoms with Gasteiger partial charge in [0.15, 0.2) is 0 Å². The molecule has 100 valence electrons. The number of rotatable bonds is 2. The van der Waals surface area contributed by atoms with E-state index in [4.69, 9.17) is 5.11 Å². The second-order valence-electron chi connectivity index (χ2n) is 4.37. The van der Waals surface area contributed by atoms with Crippen molar-refractivity contribution < 1.29 is 9.90 Å². The molecule has 6 heteroatoms. The van der Waals surface area contributed by atoms with E-state index in [0.29, 0.717) is 27.4 Å². The number of carboxylic acid groups (broad SMARTS) is 1. The van der Waals surface area contributed by atoms with Crippen LogP contribution < -0.4 is 5.32 Å². The van der Waals surface area contributed by atoms with Gasteiger partial charge in [-0.25, -0.2) is 4.79 Å². The lowest BCUT2D eigenvalue weighted by Crippen LogP contribution is -2.22. The molecule has 2 N–H and O–H groups in total. The zero-order valence-corrected chi connectivity index (χ0v) is 11.7. The van der Waals surface area contributed by atoms with E-state index in [1.807, 2.05) is 0 Å². The zero-order valence-electron chi connectivity index (χ0n) is 10.9. The minimum atomic E-state index is -1.01. The molecule has 1 aromatic rings. The molecule has 20 heavy (non-hydrogen) atoms. The smallest absolute Gasteiger partial charge is 0.345 e. The van der Waals surface area contributed by atoms with Gasteiger partial charge in [0.1, 0.15) is 4.88 Å². The Morgan fingerprint density at radius 1 is 1.25 bits per heavy atom. The van der Waals surface area contributed by atoms with E-state index in [2.05, 4.69) is 17.5 Å². The maximum Gasteiger partial charge on any atom is 0.345 e. The van der Waals surface area contributed by atoms with Crippen molar-refractivity contribution in [2.75, 3.05) is 0 Å². The van der Waals surface area contributed by atoms with Crippen LogP contribution in [0.2, 0.25) is 0 Å². The predicted octanol–water partition coefficient (Wildman–Crippen LogP) is 2.73. The number of thiophene rings is 1. The van der Waals surface area contributed by atoms with Crippen molar-refractivity contribution in [1.82, 2.24) is 5.32 Å². The van der Waals surface area contributed by atoms with Crippen LogP contribution in [0.3, 0.4) is 0 Å². The Labute approximate surface area is 120 Å². The van der Waals surface area contributed by atoms with Gasteiger partial charge in [0.25, 0.3) is 0 Å². The Morgan fingerprint density at radius 3 is 2.20 bits per heavy atom. The fourth-order valence-electron chi connectivity index (χ4n) is 2.20. The summed E-state index contributed by atoms with van der Waals surface area (Å²) < 4.78 is 0. The number of nitrogens with zero attached hydrogens (tertiary/aromatic N) is 2. The third-order valence-electron chi connectivity index (χ3n) is 3.12. The van der Waals surface area contributed by atoms with E-state index in [-0.39, 0.29) is 4.88 Å². The minimum Gasteiger partial charge on any atom is -0.477 e. The summed E-state index contributed by atoms with van der Waals surface area (Å²) in [6.07, 6.45) is 0. The first-order valence-corrected chi connectivity index (χ1v) is 6.63. The average molecular weight is 285 g/mol. The summed E-state index contributed by atoms with van der Waals surface area (Å²) in [6, 6.07) is 7.40. The highest BCUT2D eigenvalue weighted by Crippen LogP contribution is 2.40. The van der Waals surface area contributed by atoms with Crippen LogP contribution in [0.15, 0.2) is 34.7 Å². The second kappa shape index (κ2) is 5.20. The highest BCUT2D eigenvalue weighted by molar-refractivity contribution is 7.14. The lowest BCUT2D eigenvalue weighted by Gasteiger charge is -2.24. The first-order valence-electron chi connectivity index (χ1n) is 5.81. The number of aromatic carboxylic acids is 1. The number of hydrogen-bond donors (Lipinski definition) is 2. The molecule has 0 saturated carbocycles. The summed E-state index contributed by atoms with van der Waals surface area (Å²) in [5.74, 6) is -1.49. The number of hydrogen-bond acceptors (Lipinski definition) is 5. The summed E-state index contributed by atoms with van der Waals surface area (Å²) >= 11 is 1.09. The maximum absolute atomic E-state index is 11.0. The van der Waals surface area contributed by atoms with Crippen molar-refractivity contribution in [3.63, 3.8) is 0 Å². The van der Waals surface area contributed by atoms with Crippen molar-refractivity contribution in [3.05, 3.63) is 44.4 Å². The van der Waals surface area contributed by atoms with Crippen LogP contribution in [-0.2, 0) is 0 Å². The van der Waals surface area contributed by atoms with Gasteiger partial charge in [-0.05, 0) is 26.0 Å². The van der Waals surface area contributed by atoms with Gasteiger partial charge in [0, 0.05) is 16.3 Å². The molecule has 1 aliphatic rings. The van der Waals surface area contributed by atoms with E-state index in [1.165, 1.54) is 6.07 Å². The largest absolute Gasteiger partial charge is 0.477 e. The number of nitriles is 2. The van der Waals surface area contributed by atoms with Gasteiger partial charge in [-0.3, -0.25) is 0 Å². The molecule has 0 unspecified atom stereocenters. The summed E-state index contributed by atoms with van der Waals surface area (Å²) in [6.45, 7) is 3.55. The molecule has 0 aliphatic carbocycles. The Balaban J connectivity index is 2.59. The van der Waals surface area contributed by atoms with E-state index < -0.39 is 11.9 Å². The van der Waals surface area contributed by atoms with Crippen LogP contribution in [0, 0.1) is 22.7 Å². The van der Waals surface area contributed by atoms with Crippen LogP contribution >= 0.6 is 11.3 Å². The van der Waals surface area contributed by atoms with Crippen LogP contribution in [-0.4, -0.2) is 11.1 Å². The third-order valence-corrected chi connectivity index (χ3v) is 4.26. The fraction of sp³-hybridized carbons (Fsp3) is 0.214. The maximum atomic E-state index is 11.0. The molecule has 5 nitrogen and oxygen atoms in total. The van der Waals surface area contributed by atoms with Crippen molar-refractivity contribution in [2.45, 2.75) is 19.8 Å². The predicted molar refractivity (Wildman–Crippen MR) is 73.8 cm³/mol. The number of allylic oxidation sites excluding steroid dienone is 4. The third kappa shape index (κ3) is 2.18. The Morgan fingerprint density at radius 2 is 1.80 bits per heavy atom. The molecule has 0 radical (unpaired) electrons. The molecule has 0 amide bonds. The molecule has 1 aliphatic heterocycles. The van der Waals surface area contributed by atoms with E-state index in [1.54, 1.807) is 19.9 Å². The fourth-order valence-corrected chi connectivity index (χ4v) is 3.16. The van der Waals surface area contributed by atoms with Crippen molar-refractivity contribution in [1.29, 1.82) is 10.5 Å². The number of carboxylic acids is 1. The highest BCUT2D eigenvalue weighted by Gasteiger charge is 2.30. The molecule has 2 heterocycles. The molecule has 1 aromatic heterocycles. The molecule has 0 fully saturated rings. The van der Waals surface area contributed by atoms with Crippen LogP contribution in [0.25, 0.3) is 0 Å². The minimum absolute atomic E-state index is 0.198. The number of carbonyl (C=O) groups is 1. The Kier molecular flexibility index (Phi) is 3.60. The summed E-state index contributed by atoms with van der Waals surface area (Å²) in [4.78, 5) is 11.9. The molecule has 0 bridgehead atoms. The molecular formula is C14H11N3O2S. The number of dihydropyridines is 1. The quantitative estimate of drug-likeness (QED) is 0.870. The standard InChI is InChI=1S/C14H11N3O2S/c1-7-9(5-15)13(10(6-16)8(2)17-7)11-3-4-12(20-11)14(18)19/h3-4,13,17H,1-2H3,(H,18,19). The van der Waals surface area contributed by atoms with Crippen LogP contribution in [0.5, 0.6) is 0 Å². The monoisotopic (exact) mass is 285 g/mol. The van der Waals surface area contributed by atoms with Crippen LogP contribution in [0.4, 0.5) is 0 Å². The van der Waals surface area contributed by atoms with E-state index in [0.717, 1.165) is 11.3 Å². The lowest BCUT2D eigenvalue weighted by atomic mass is 9.86. The summed E-state index contributed by atoms with van der Waals surface area (Å²) in [5, 5.41) is 30.6. The van der Waals surface area contributed by atoms with E-state index in [9.17, 15) is 15.3 Å². The number of nitrogens with one attached hydrogen (secondary N) is 1. The lowest BCUT2D eigenvalue weighted by molar-refractivity contribution is 0.0702. The van der Waals surface area contributed by atoms with Gasteiger partial charge in [0.2, 0.25) is 0 Å². The summed E-state index contributed by atoms with van der Waals surface area (Å²) in [7, 11) is 0. The zero-order chi connectivity index (χ0) is 14.9. The molecule has 0 aromatic carbocycles. The van der Waals surface area contributed by atoms with Crippen molar-refractivity contribution >= 4 is 17.3 Å². The Bertz CT molecular complexity index is 692. The average Bonchev–Trinajstić information content (AvgIpc) is 2.87. The molecule has 2 rings (SSSR count). The second-order valence-corrected chi connectivity index (χ2v) is 5.48. The SMILES string of the molecule is CC1=C(C#N)C(c2ccc(C(=O)O)s2)C(C#N)=C(C)N1. The van der Waals surface area contributed by atoms with E-state index >= 15 is 0 Å².